The van der Waals surface area contributed by atoms with E-state index in [4.69, 9.17) is 0 Å². The van der Waals surface area contributed by atoms with Crippen LogP contribution in [-0.4, -0.2) is 13.1 Å². The lowest BCUT2D eigenvalue weighted by Gasteiger charge is -2.27. The molecule has 0 saturated heterocycles. The first-order valence-electron chi connectivity index (χ1n) is 6.55. The van der Waals surface area contributed by atoms with Gasteiger partial charge in [-0.25, -0.2) is 0 Å². The molecule has 0 amide bonds. The topological polar surface area (TPSA) is 24.1 Å². The van der Waals surface area contributed by atoms with Crippen molar-refractivity contribution in [2.24, 2.45) is 0 Å². The van der Waals surface area contributed by atoms with Crippen molar-refractivity contribution in [1.29, 1.82) is 0 Å². The summed E-state index contributed by atoms with van der Waals surface area (Å²) in [6.07, 6.45) is 1.19. The van der Waals surface area contributed by atoms with E-state index in [0.717, 1.165) is 13.1 Å². The lowest BCUT2D eigenvalue weighted by atomic mass is 9.91. The van der Waals surface area contributed by atoms with E-state index in [9.17, 15) is 0 Å². The Balaban J connectivity index is 1.71. The van der Waals surface area contributed by atoms with Gasteiger partial charge in [0.15, 0.2) is 0 Å². The van der Waals surface area contributed by atoms with Gasteiger partial charge in [-0.1, -0.05) is 36.4 Å². The normalized spacial score (nSPS) is 17.7. The lowest BCUT2D eigenvalue weighted by molar-refractivity contribution is 0.654. The van der Waals surface area contributed by atoms with Crippen molar-refractivity contribution in [3.63, 3.8) is 0 Å². The summed E-state index contributed by atoms with van der Waals surface area (Å²) < 4.78 is 0. The molecule has 0 aromatic heterocycles. The maximum atomic E-state index is 3.53. The molecule has 3 rings (SSSR count). The first kappa shape index (κ1) is 11.1. The molecule has 2 heteroatoms. The van der Waals surface area contributed by atoms with Crippen LogP contribution in [0.1, 0.15) is 17.9 Å². The van der Waals surface area contributed by atoms with Crippen LogP contribution in [0, 0.1) is 0 Å². The number of para-hydroxylation sites is 2. The molecule has 1 aliphatic heterocycles. The zero-order chi connectivity index (χ0) is 12.2. The van der Waals surface area contributed by atoms with E-state index in [-0.39, 0.29) is 0 Å². The van der Waals surface area contributed by atoms with E-state index in [1.807, 2.05) is 6.07 Å². The van der Waals surface area contributed by atoms with Crippen molar-refractivity contribution in [1.82, 2.24) is 0 Å². The number of hydrogen-bond donors (Lipinski definition) is 2. The average molecular weight is 238 g/mol. The van der Waals surface area contributed by atoms with Crippen molar-refractivity contribution in [3.05, 3.63) is 60.2 Å². The van der Waals surface area contributed by atoms with Gasteiger partial charge in [-0.2, -0.15) is 0 Å². The molecule has 2 aromatic rings. The van der Waals surface area contributed by atoms with Gasteiger partial charge in [0.05, 0.1) is 0 Å². The largest absolute Gasteiger partial charge is 0.385 e. The van der Waals surface area contributed by atoms with Gasteiger partial charge < -0.3 is 10.6 Å². The standard InChI is InChI=1S/C16H18N2/c1-2-6-14(7-3-1)18-12-13-10-11-17-16-9-5-4-8-15(13)16/h1-9,13,17-18H,10-12H2. The summed E-state index contributed by atoms with van der Waals surface area (Å²) in [5.74, 6) is 0.600. The average Bonchev–Trinajstić information content (AvgIpc) is 2.46. The van der Waals surface area contributed by atoms with Gasteiger partial charge in [-0.15, -0.1) is 0 Å². The molecule has 0 radical (unpaired) electrons. The van der Waals surface area contributed by atoms with Gasteiger partial charge in [0.25, 0.3) is 0 Å². The van der Waals surface area contributed by atoms with Crippen LogP contribution in [0.3, 0.4) is 0 Å². The third-order valence-electron chi connectivity index (χ3n) is 3.54. The fourth-order valence-corrected chi connectivity index (χ4v) is 2.56. The smallest absolute Gasteiger partial charge is 0.0376 e. The quantitative estimate of drug-likeness (QED) is 0.852. The van der Waals surface area contributed by atoms with Gasteiger partial charge in [0.1, 0.15) is 0 Å². The summed E-state index contributed by atoms with van der Waals surface area (Å²) in [6.45, 7) is 2.07. The van der Waals surface area contributed by atoms with E-state index in [1.165, 1.54) is 23.4 Å². The molecule has 0 saturated carbocycles. The van der Waals surface area contributed by atoms with Gasteiger partial charge in [-0.05, 0) is 30.2 Å². The van der Waals surface area contributed by atoms with Crippen molar-refractivity contribution >= 4 is 11.4 Å². The highest BCUT2D eigenvalue weighted by Crippen LogP contribution is 2.31. The zero-order valence-electron chi connectivity index (χ0n) is 10.4. The van der Waals surface area contributed by atoms with Gasteiger partial charge in [0, 0.05) is 30.4 Å². The highest BCUT2D eigenvalue weighted by atomic mass is 14.9. The summed E-state index contributed by atoms with van der Waals surface area (Å²) >= 11 is 0. The lowest BCUT2D eigenvalue weighted by Crippen LogP contribution is -2.22. The third kappa shape index (κ3) is 2.33. The maximum Gasteiger partial charge on any atom is 0.0376 e. The number of anilines is 2. The first-order chi connectivity index (χ1) is 8.93. The van der Waals surface area contributed by atoms with Crippen molar-refractivity contribution in [2.45, 2.75) is 12.3 Å². The minimum absolute atomic E-state index is 0.600. The van der Waals surface area contributed by atoms with Crippen molar-refractivity contribution in [3.8, 4) is 0 Å². The van der Waals surface area contributed by atoms with E-state index >= 15 is 0 Å². The van der Waals surface area contributed by atoms with E-state index < -0.39 is 0 Å². The highest BCUT2D eigenvalue weighted by Gasteiger charge is 2.18. The SMILES string of the molecule is c1ccc(NCC2CCNc3ccccc32)cc1. The number of nitrogens with one attached hydrogen (secondary N) is 2. The summed E-state index contributed by atoms with van der Waals surface area (Å²) in [6, 6.07) is 19.0. The van der Waals surface area contributed by atoms with E-state index in [2.05, 4.69) is 59.2 Å². The molecule has 18 heavy (non-hydrogen) atoms. The molecule has 0 fully saturated rings. The molecule has 2 aromatic carbocycles. The Kier molecular flexibility index (Phi) is 3.18. The molecule has 2 nitrogen and oxygen atoms in total. The Morgan fingerprint density at radius 2 is 1.78 bits per heavy atom. The van der Waals surface area contributed by atoms with E-state index in [0.29, 0.717) is 5.92 Å². The second kappa shape index (κ2) is 5.13. The van der Waals surface area contributed by atoms with Crippen LogP contribution < -0.4 is 10.6 Å². The van der Waals surface area contributed by atoms with E-state index in [1.54, 1.807) is 0 Å². The van der Waals surface area contributed by atoms with Crippen molar-refractivity contribution in [2.75, 3.05) is 23.7 Å². The zero-order valence-corrected chi connectivity index (χ0v) is 10.4. The summed E-state index contributed by atoms with van der Waals surface area (Å²) in [4.78, 5) is 0. The summed E-state index contributed by atoms with van der Waals surface area (Å²) in [5, 5.41) is 6.99. The Bertz CT molecular complexity index is 508. The number of hydrogen-bond acceptors (Lipinski definition) is 2. The molecule has 0 spiro atoms. The molecule has 1 unspecified atom stereocenters. The second-order valence-electron chi connectivity index (χ2n) is 4.75. The molecule has 1 aliphatic rings. The monoisotopic (exact) mass is 238 g/mol. The predicted octanol–water partition coefficient (Wildman–Crippen LogP) is 3.70. The maximum absolute atomic E-state index is 3.53. The fraction of sp³-hybridized carbons (Fsp3) is 0.250. The minimum Gasteiger partial charge on any atom is -0.385 e. The minimum atomic E-state index is 0.600. The molecular weight excluding hydrogens is 220 g/mol. The van der Waals surface area contributed by atoms with Gasteiger partial charge in [-0.3, -0.25) is 0 Å². The molecule has 1 heterocycles. The molecule has 1 atom stereocenters. The summed E-state index contributed by atoms with van der Waals surface area (Å²) in [5.41, 5.74) is 3.93. The molecule has 0 aliphatic carbocycles. The van der Waals surface area contributed by atoms with Crippen LogP contribution in [-0.2, 0) is 0 Å². The first-order valence-corrected chi connectivity index (χ1v) is 6.55. The fourth-order valence-electron chi connectivity index (χ4n) is 2.56. The van der Waals surface area contributed by atoms with Crippen LogP contribution in [0.4, 0.5) is 11.4 Å². The van der Waals surface area contributed by atoms with Gasteiger partial charge >= 0.3 is 0 Å². The Morgan fingerprint density at radius 3 is 2.67 bits per heavy atom. The van der Waals surface area contributed by atoms with Crippen LogP contribution >= 0.6 is 0 Å². The molecule has 92 valence electrons. The van der Waals surface area contributed by atoms with Crippen LogP contribution in [0.5, 0.6) is 0 Å². The molecule has 0 bridgehead atoms. The number of rotatable bonds is 3. The highest BCUT2D eigenvalue weighted by molar-refractivity contribution is 5.55. The van der Waals surface area contributed by atoms with Gasteiger partial charge in [0.2, 0.25) is 0 Å². The van der Waals surface area contributed by atoms with Crippen LogP contribution in [0.15, 0.2) is 54.6 Å². The molecular formula is C16H18N2. The predicted molar refractivity (Wildman–Crippen MR) is 77.2 cm³/mol. The van der Waals surface area contributed by atoms with Crippen LogP contribution in [0.2, 0.25) is 0 Å². The van der Waals surface area contributed by atoms with Crippen LogP contribution in [0.25, 0.3) is 0 Å². The Morgan fingerprint density at radius 1 is 1.00 bits per heavy atom. The van der Waals surface area contributed by atoms with Crippen molar-refractivity contribution < 1.29 is 0 Å². The number of benzene rings is 2. The second-order valence-corrected chi connectivity index (χ2v) is 4.75. The molecule has 2 N–H and O–H groups in total. The number of fused-ring (bicyclic) bond motifs is 1. The Labute approximate surface area is 108 Å². The third-order valence-corrected chi connectivity index (χ3v) is 3.54. The Hall–Kier alpha value is -1.96. The summed E-state index contributed by atoms with van der Waals surface area (Å²) in [7, 11) is 0.